The van der Waals surface area contributed by atoms with Gasteiger partial charge in [0.15, 0.2) is 0 Å². The third-order valence-corrected chi connectivity index (χ3v) is 3.18. The number of carbonyl (C=O) groups is 2. The van der Waals surface area contributed by atoms with Gasteiger partial charge < -0.3 is 21.9 Å². The lowest BCUT2D eigenvalue weighted by Crippen LogP contribution is -2.48. The largest absolute Gasteiger partial charge is 0.480 e. The Morgan fingerprint density at radius 1 is 1.33 bits per heavy atom. The standard InChI is InChI=1S/C11H23N3O3S/c1-18-7-5-8(13)10(15)14-9(11(16)17)4-2-3-6-12/h8-9H,2-7,12-13H2,1H3,(H,14,15)(H,16,17). The third kappa shape index (κ3) is 7.52. The van der Waals surface area contributed by atoms with E-state index in [0.29, 0.717) is 25.8 Å². The van der Waals surface area contributed by atoms with Crippen molar-refractivity contribution in [3.8, 4) is 0 Å². The molecule has 0 aliphatic rings. The summed E-state index contributed by atoms with van der Waals surface area (Å²) in [4.78, 5) is 22.6. The molecule has 0 saturated carbocycles. The van der Waals surface area contributed by atoms with Crippen LogP contribution in [0.1, 0.15) is 25.7 Å². The second-order valence-corrected chi connectivity index (χ2v) is 5.06. The molecule has 0 rings (SSSR count). The number of aliphatic carboxylic acids is 1. The summed E-state index contributed by atoms with van der Waals surface area (Å²) in [5, 5.41) is 11.5. The van der Waals surface area contributed by atoms with Crippen molar-refractivity contribution >= 4 is 23.6 Å². The molecule has 0 fully saturated rings. The maximum Gasteiger partial charge on any atom is 0.326 e. The molecule has 0 radical (unpaired) electrons. The van der Waals surface area contributed by atoms with Gasteiger partial charge in [-0.05, 0) is 44.2 Å². The number of carboxylic acids is 1. The summed E-state index contributed by atoms with van der Waals surface area (Å²) < 4.78 is 0. The van der Waals surface area contributed by atoms with Gasteiger partial charge in [0, 0.05) is 0 Å². The fourth-order valence-corrected chi connectivity index (χ4v) is 1.89. The molecule has 0 heterocycles. The number of carboxylic acid groups (broad SMARTS) is 1. The zero-order valence-corrected chi connectivity index (χ0v) is 11.5. The number of rotatable bonds is 10. The van der Waals surface area contributed by atoms with E-state index in [1.54, 1.807) is 11.8 Å². The highest BCUT2D eigenvalue weighted by molar-refractivity contribution is 7.98. The summed E-state index contributed by atoms with van der Waals surface area (Å²) in [7, 11) is 0. The molecule has 7 heteroatoms. The van der Waals surface area contributed by atoms with E-state index in [-0.39, 0.29) is 0 Å². The molecule has 2 unspecified atom stereocenters. The Hall–Kier alpha value is -0.790. The van der Waals surface area contributed by atoms with Gasteiger partial charge in [-0.1, -0.05) is 0 Å². The molecule has 6 nitrogen and oxygen atoms in total. The Bertz CT molecular complexity index is 264. The van der Waals surface area contributed by atoms with Crippen molar-refractivity contribution in [1.82, 2.24) is 5.32 Å². The molecule has 106 valence electrons. The predicted octanol–water partition coefficient (Wildman–Crippen LogP) is -0.235. The summed E-state index contributed by atoms with van der Waals surface area (Å²) >= 11 is 1.60. The van der Waals surface area contributed by atoms with Crippen LogP contribution in [-0.2, 0) is 9.59 Å². The van der Waals surface area contributed by atoms with Gasteiger partial charge in [0.25, 0.3) is 0 Å². The molecular formula is C11H23N3O3S. The summed E-state index contributed by atoms with van der Waals surface area (Å²) in [5.41, 5.74) is 11.0. The van der Waals surface area contributed by atoms with Crippen molar-refractivity contribution in [2.75, 3.05) is 18.6 Å². The average molecular weight is 277 g/mol. The van der Waals surface area contributed by atoms with Crippen LogP contribution in [0.15, 0.2) is 0 Å². The number of thioether (sulfide) groups is 1. The molecule has 0 bridgehead atoms. The van der Waals surface area contributed by atoms with E-state index in [0.717, 1.165) is 12.2 Å². The molecule has 0 aromatic rings. The molecule has 0 aromatic carbocycles. The van der Waals surface area contributed by atoms with E-state index >= 15 is 0 Å². The second kappa shape index (κ2) is 10.2. The highest BCUT2D eigenvalue weighted by atomic mass is 32.2. The van der Waals surface area contributed by atoms with Crippen LogP contribution in [0, 0.1) is 0 Å². The van der Waals surface area contributed by atoms with Crippen LogP contribution >= 0.6 is 11.8 Å². The minimum atomic E-state index is -1.03. The lowest BCUT2D eigenvalue weighted by atomic mass is 10.1. The Kier molecular flexibility index (Phi) is 9.72. The molecule has 0 aliphatic carbocycles. The monoisotopic (exact) mass is 277 g/mol. The summed E-state index contributed by atoms with van der Waals surface area (Å²) in [6.07, 6.45) is 4.28. The fraction of sp³-hybridized carbons (Fsp3) is 0.818. The van der Waals surface area contributed by atoms with Crippen molar-refractivity contribution in [1.29, 1.82) is 0 Å². The van der Waals surface area contributed by atoms with Crippen molar-refractivity contribution in [2.45, 2.75) is 37.8 Å². The van der Waals surface area contributed by atoms with Crippen molar-refractivity contribution < 1.29 is 14.7 Å². The van der Waals surface area contributed by atoms with Gasteiger partial charge in [0.2, 0.25) is 5.91 Å². The first-order valence-electron chi connectivity index (χ1n) is 6.00. The number of carbonyl (C=O) groups excluding carboxylic acids is 1. The number of nitrogens with one attached hydrogen (secondary N) is 1. The Labute approximate surface area is 112 Å². The summed E-state index contributed by atoms with van der Waals surface area (Å²) in [6.45, 7) is 0.521. The lowest BCUT2D eigenvalue weighted by Gasteiger charge is -2.17. The molecule has 2 atom stereocenters. The minimum Gasteiger partial charge on any atom is -0.480 e. The zero-order valence-electron chi connectivity index (χ0n) is 10.7. The van der Waals surface area contributed by atoms with Crippen LogP contribution in [0.25, 0.3) is 0 Å². The quantitative estimate of drug-likeness (QED) is 0.409. The van der Waals surface area contributed by atoms with Crippen LogP contribution in [0.4, 0.5) is 0 Å². The number of hydrogen-bond donors (Lipinski definition) is 4. The Morgan fingerprint density at radius 2 is 2.00 bits per heavy atom. The molecular weight excluding hydrogens is 254 g/mol. The van der Waals surface area contributed by atoms with Gasteiger partial charge in [-0.15, -0.1) is 0 Å². The molecule has 1 amide bonds. The van der Waals surface area contributed by atoms with E-state index in [1.165, 1.54) is 0 Å². The zero-order chi connectivity index (χ0) is 14.0. The first-order valence-corrected chi connectivity index (χ1v) is 7.40. The number of unbranched alkanes of at least 4 members (excludes halogenated alkanes) is 1. The number of amides is 1. The normalized spacial score (nSPS) is 13.9. The van der Waals surface area contributed by atoms with Crippen LogP contribution in [0.3, 0.4) is 0 Å². The maximum absolute atomic E-state index is 11.7. The van der Waals surface area contributed by atoms with Gasteiger partial charge in [0.1, 0.15) is 6.04 Å². The predicted molar refractivity (Wildman–Crippen MR) is 73.4 cm³/mol. The van der Waals surface area contributed by atoms with Crippen molar-refractivity contribution in [3.63, 3.8) is 0 Å². The smallest absolute Gasteiger partial charge is 0.326 e. The van der Waals surface area contributed by atoms with E-state index in [4.69, 9.17) is 16.6 Å². The van der Waals surface area contributed by atoms with Gasteiger partial charge in [0.05, 0.1) is 6.04 Å². The van der Waals surface area contributed by atoms with E-state index in [9.17, 15) is 9.59 Å². The Morgan fingerprint density at radius 3 is 2.50 bits per heavy atom. The summed E-state index contributed by atoms with van der Waals surface area (Å²) in [6, 6.07) is -1.52. The van der Waals surface area contributed by atoms with Gasteiger partial charge in [-0.3, -0.25) is 4.79 Å². The fourth-order valence-electron chi connectivity index (χ4n) is 1.40. The first kappa shape index (κ1) is 17.2. The minimum absolute atomic E-state index is 0.382. The number of nitrogens with two attached hydrogens (primary N) is 2. The summed E-state index contributed by atoms with van der Waals surface area (Å²) in [5.74, 6) is -0.652. The van der Waals surface area contributed by atoms with Crippen LogP contribution in [0.5, 0.6) is 0 Å². The highest BCUT2D eigenvalue weighted by Crippen LogP contribution is 2.03. The molecule has 0 spiro atoms. The van der Waals surface area contributed by atoms with E-state index in [1.807, 2.05) is 6.26 Å². The van der Waals surface area contributed by atoms with Gasteiger partial charge >= 0.3 is 5.97 Å². The van der Waals surface area contributed by atoms with E-state index < -0.39 is 24.0 Å². The molecule has 0 aromatic heterocycles. The second-order valence-electron chi connectivity index (χ2n) is 4.07. The van der Waals surface area contributed by atoms with Gasteiger partial charge in [-0.25, -0.2) is 4.79 Å². The van der Waals surface area contributed by atoms with Gasteiger partial charge in [-0.2, -0.15) is 11.8 Å². The van der Waals surface area contributed by atoms with Crippen LogP contribution < -0.4 is 16.8 Å². The molecule has 0 aliphatic heterocycles. The topological polar surface area (TPSA) is 118 Å². The van der Waals surface area contributed by atoms with Crippen molar-refractivity contribution in [3.05, 3.63) is 0 Å². The SMILES string of the molecule is CSCCC(N)C(=O)NC(CCCCN)C(=O)O. The molecule has 6 N–H and O–H groups in total. The Balaban J connectivity index is 4.14. The highest BCUT2D eigenvalue weighted by Gasteiger charge is 2.22. The van der Waals surface area contributed by atoms with Crippen LogP contribution in [-0.4, -0.2) is 47.6 Å². The van der Waals surface area contributed by atoms with Crippen LogP contribution in [0.2, 0.25) is 0 Å². The first-order chi connectivity index (χ1) is 8.52. The lowest BCUT2D eigenvalue weighted by molar-refractivity contribution is -0.142. The van der Waals surface area contributed by atoms with E-state index in [2.05, 4.69) is 5.32 Å². The van der Waals surface area contributed by atoms with Crippen molar-refractivity contribution in [2.24, 2.45) is 11.5 Å². The third-order valence-electron chi connectivity index (χ3n) is 2.53. The molecule has 18 heavy (non-hydrogen) atoms. The maximum atomic E-state index is 11.7. The number of hydrogen-bond acceptors (Lipinski definition) is 5. The average Bonchev–Trinajstić information content (AvgIpc) is 2.34. The molecule has 0 saturated heterocycles.